The summed E-state index contributed by atoms with van der Waals surface area (Å²) in [5.41, 5.74) is -0.0840. The van der Waals surface area contributed by atoms with E-state index in [0.717, 1.165) is 25.7 Å². The number of ether oxygens (including phenoxy) is 1. The first-order chi connectivity index (χ1) is 9.65. The Balaban J connectivity index is 0.00000441. The molecule has 22 heavy (non-hydrogen) atoms. The van der Waals surface area contributed by atoms with Crippen LogP contribution in [0.3, 0.4) is 0 Å². The second kappa shape index (κ2) is 8.90. The number of likely N-dealkylation sites (N-methyl/N-ethyl adjacent to an activating group) is 1. The molecule has 0 unspecified atom stereocenters. The summed E-state index contributed by atoms with van der Waals surface area (Å²) in [5.74, 6) is 0.753. The number of hydrogen-bond acceptors (Lipinski definition) is 3. The van der Waals surface area contributed by atoms with E-state index in [2.05, 4.69) is 22.5 Å². The summed E-state index contributed by atoms with van der Waals surface area (Å²) in [4.78, 5) is 18.5. The minimum absolute atomic E-state index is 0. The second-order valence-electron chi connectivity index (χ2n) is 7.13. The van der Waals surface area contributed by atoms with E-state index in [9.17, 15) is 4.79 Å². The van der Waals surface area contributed by atoms with Crippen LogP contribution in [0, 0.1) is 5.41 Å². The van der Waals surface area contributed by atoms with E-state index < -0.39 is 0 Å². The van der Waals surface area contributed by atoms with Gasteiger partial charge in [-0.3, -0.25) is 9.79 Å². The highest BCUT2D eigenvalue weighted by Gasteiger charge is 2.33. The predicted molar refractivity (Wildman–Crippen MR) is 101 cm³/mol. The van der Waals surface area contributed by atoms with E-state index in [1.165, 1.54) is 0 Å². The molecule has 1 saturated heterocycles. The molecule has 0 aromatic heterocycles. The van der Waals surface area contributed by atoms with E-state index in [-0.39, 0.29) is 47.4 Å². The second-order valence-corrected chi connectivity index (χ2v) is 7.13. The quantitative estimate of drug-likeness (QED) is 0.397. The van der Waals surface area contributed by atoms with Gasteiger partial charge in [-0.05, 0) is 27.7 Å². The molecule has 0 saturated carbocycles. The number of nitrogens with zero attached hydrogens (tertiary/aromatic N) is 2. The molecule has 1 amide bonds. The molecule has 0 radical (unpaired) electrons. The molecular weight excluding hydrogens is 395 g/mol. The van der Waals surface area contributed by atoms with E-state index in [0.29, 0.717) is 6.54 Å². The Labute approximate surface area is 151 Å². The Hall–Kier alpha value is -0.570. The molecule has 0 aliphatic carbocycles. The van der Waals surface area contributed by atoms with Crippen molar-refractivity contribution in [2.45, 2.75) is 40.2 Å². The van der Waals surface area contributed by atoms with Gasteiger partial charge < -0.3 is 20.3 Å². The normalized spacial score (nSPS) is 17.1. The summed E-state index contributed by atoms with van der Waals surface area (Å²) in [6.07, 6.45) is 0. The van der Waals surface area contributed by atoms with Gasteiger partial charge in [0.25, 0.3) is 0 Å². The molecule has 1 heterocycles. The van der Waals surface area contributed by atoms with Gasteiger partial charge in [0.15, 0.2) is 5.96 Å². The first-order valence-corrected chi connectivity index (χ1v) is 7.53. The van der Waals surface area contributed by atoms with Gasteiger partial charge in [0.05, 0.1) is 26.3 Å². The lowest BCUT2D eigenvalue weighted by Gasteiger charge is -2.37. The average molecular weight is 426 g/mol. The summed E-state index contributed by atoms with van der Waals surface area (Å²) in [5, 5.41) is 6.18. The molecule has 1 rings (SSSR count). The van der Waals surface area contributed by atoms with Crippen LogP contribution in [0.5, 0.6) is 0 Å². The molecule has 130 valence electrons. The van der Waals surface area contributed by atoms with Gasteiger partial charge in [-0.15, -0.1) is 24.0 Å². The highest BCUT2D eigenvalue weighted by molar-refractivity contribution is 14.0. The third-order valence-electron chi connectivity index (χ3n) is 3.10. The van der Waals surface area contributed by atoms with Crippen LogP contribution in [0.15, 0.2) is 4.99 Å². The number of nitrogens with one attached hydrogen (secondary N) is 2. The lowest BCUT2D eigenvalue weighted by atomic mass is 9.89. The Morgan fingerprint density at radius 2 is 1.95 bits per heavy atom. The van der Waals surface area contributed by atoms with Crippen molar-refractivity contribution >= 4 is 35.8 Å². The highest BCUT2D eigenvalue weighted by atomic mass is 127. The van der Waals surface area contributed by atoms with Crippen LogP contribution in [0.2, 0.25) is 0 Å². The molecular formula is C15H31IN4O2. The van der Waals surface area contributed by atoms with Gasteiger partial charge in [0, 0.05) is 24.5 Å². The SMILES string of the molecule is CCNC(=NCC1(C)COC1)N(C)CC(=O)NC(C)(C)C.I. The monoisotopic (exact) mass is 426 g/mol. The number of hydrogen-bond donors (Lipinski definition) is 2. The van der Waals surface area contributed by atoms with Gasteiger partial charge in [-0.2, -0.15) is 0 Å². The minimum atomic E-state index is -0.218. The molecule has 2 N–H and O–H groups in total. The van der Waals surface area contributed by atoms with E-state index in [1.54, 1.807) is 0 Å². The molecule has 6 nitrogen and oxygen atoms in total. The maximum Gasteiger partial charge on any atom is 0.240 e. The van der Waals surface area contributed by atoms with E-state index in [1.807, 2.05) is 39.6 Å². The minimum Gasteiger partial charge on any atom is -0.380 e. The number of rotatable bonds is 5. The molecule has 1 aliphatic heterocycles. The number of carbonyl (C=O) groups excluding carboxylic acids is 1. The first kappa shape index (κ1) is 21.4. The number of amides is 1. The molecule has 1 fully saturated rings. The van der Waals surface area contributed by atoms with Crippen molar-refractivity contribution in [1.29, 1.82) is 0 Å². The van der Waals surface area contributed by atoms with Gasteiger partial charge in [0.2, 0.25) is 5.91 Å². The summed E-state index contributed by atoms with van der Waals surface area (Å²) < 4.78 is 5.24. The van der Waals surface area contributed by atoms with E-state index >= 15 is 0 Å². The molecule has 0 atom stereocenters. The fourth-order valence-corrected chi connectivity index (χ4v) is 2.03. The van der Waals surface area contributed by atoms with Crippen LogP contribution in [-0.4, -0.2) is 62.2 Å². The lowest BCUT2D eigenvalue weighted by Crippen LogP contribution is -2.49. The van der Waals surface area contributed by atoms with Crippen molar-refractivity contribution in [2.75, 3.05) is 39.9 Å². The van der Waals surface area contributed by atoms with Crippen LogP contribution >= 0.6 is 24.0 Å². The predicted octanol–water partition coefficient (Wildman–Crippen LogP) is 1.45. The zero-order valence-corrected chi connectivity index (χ0v) is 17.0. The highest BCUT2D eigenvalue weighted by Crippen LogP contribution is 2.26. The van der Waals surface area contributed by atoms with Crippen molar-refractivity contribution < 1.29 is 9.53 Å². The molecule has 0 aromatic rings. The largest absolute Gasteiger partial charge is 0.380 e. The maximum absolute atomic E-state index is 12.0. The smallest absolute Gasteiger partial charge is 0.240 e. The number of halogens is 1. The van der Waals surface area contributed by atoms with Gasteiger partial charge >= 0.3 is 0 Å². The Kier molecular flexibility index (Phi) is 8.67. The third kappa shape index (κ3) is 7.62. The summed E-state index contributed by atoms with van der Waals surface area (Å²) >= 11 is 0. The maximum atomic E-state index is 12.0. The van der Waals surface area contributed by atoms with Crippen molar-refractivity contribution in [2.24, 2.45) is 10.4 Å². The van der Waals surface area contributed by atoms with Crippen LogP contribution in [0.1, 0.15) is 34.6 Å². The van der Waals surface area contributed by atoms with Crippen molar-refractivity contribution in [1.82, 2.24) is 15.5 Å². The summed E-state index contributed by atoms with van der Waals surface area (Å²) in [6.45, 7) is 13.4. The first-order valence-electron chi connectivity index (χ1n) is 7.53. The topological polar surface area (TPSA) is 66.0 Å². The molecule has 0 aromatic carbocycles. The Morgan fingerprint density at radius 1 is 1.36 bits per heavy atom. The van der Waals surface area contributed by atoms with Crippen molar-refractivity contribution in [3.8, 4) is 0 Å². The molecule has 1 aliphatic rings. The number of guanidine groups is 1. The van der Waals surface area contributed by atoms with Crippen molar-refractivity contribution in [3.63, 3.8) is 0 Å². The average Bonchev–Trinajstić information content (AvgIpc) is 2.29. The third-order valence-corrected chi connectivity index (χ3v) is 3.10. The summed E-state index contributed by atoms with van der Waals surface area (Å²) in [7, 11) is 1.88. The van der Waals surface area contributed by atoms with Crippen LogP contribution in [0.25, 0.3) is 0 Å². The molecule has 7 heteroatoms. The molecule has 0 spiro atoms. The van der Waals surface area contributed by atoms with E-state index in [4.69, 9.17) is 4.74 Å². The number of carbonyl (C=O) groups is 1. The zero-order valence-electron chi connectivity index (χ0n) is 14.7. The summed E-state index contributed by atoms with van der Waals surface area (Å²) in [6, 6.07) is 0. The standard InChI is InChI=1S/C15H30N4O2.HI/c1-7-16-13(17-9-15(5)10-21-11-15)19(6)8-12(20)18-14(2,3)4;/h7-11H2,1-6H3,(H,16,17)(H,18,20);1H. The fraction of sp³-hybridized carbons (Fsp3) is 0.867. The van der Waals surface area contributed by atoms with Crippen LogP contribution in [-0.2, 0) is 9.53 Å². The van der Waals surface area contributed by atoms with Gasteiger partial charge in [0.1, 0.15) is 0 Å². The number of aliphatic imine (C=N–C) groups is 1. The van der Waals surface area contributed by atoms with Gasteiger partial charge in [-0.25, -0.2) is 0 Å². The van der Waals surface area contributed by atoms with Gasteiger partial charge in [-0.1, -0.05) is 6.92 Å². The fourth-order valence-electron chi connectivity index (χ4n) is 2.03. The Bertz CT molecular complexity index is 389. The van der Waals surface area contributed by atoms with Crippen LogP contribution in [0.4, 0.5) is 0 Å². The zero-order chi connectivity index (χ0) is 16.1. The van der Waals surface area contributed by atoms with Crippen molar-refractivity contribution in [3.05, 3.63) is 0 Å². The molecule has 0 bridgehead atoms. The lowest BCUT2D eigenvalue weighted by molar-refractivity contribution is -0.122. The Morgan fingerprint density at radius 3 is 2.36 bits per heavy atom. The van der Waals surface area contributed by atoms with Crippen LogP contribution < -0.4 is 10.6 Å².